The second-order valence-corrected chi connectivity index (χ2v) is 9.63. The fourth-order valence-corrected chi connectivity index (χ4v) is 4.96. The number of benzene rings is 1. The summed E-state index contributed by atoms with van der Waals surface area (Å²) in [7, 11) is 1.82. The van der Waals surface area contributed by atoms with Crippen molar-refractivity contribution in [3.8, 4) is 5.75 Å². The SMILES string of the molecule is Cc1noc(C)c1C(=O)N(C)CC1CC(Oc2cc(Cl)c(CN3CCCC3)cc2Cl)C1.Cl. The number of nitrogens with zero attached hydrogens (tertiary/aromatic N) is 3. The summed E-state index contributed by atoms with van der Waals surface area (Å²) in [6, 6.07) is 3.78. The minimum absolute atomic E-state index is 0. The molecule has 1 aliphatic heterocycles. The van der Waals surface area contributed by atoms with Crippen molar-refractivity contribution in [1.82, 2.24) is 15.0 Å². The van der Waals surface area contributed by atoms with Crippen LogP contribution in [0.25, 0.3) is 0 Å². The van der Waals surface area contributed by atoms with Gasteiger partial charge in [0.15, 0.2) is 0 Å². The summed E-state index contributed by atoms with van der Waals surface area (Å²) in [4.78, 5) is 16.8. The molecule has 1 aromatic carbocycles. The highest BCUT2D eigenvalue weighted by Gasteiger charge is 2.34. The number of hydrogen-bond acceptors (Lipinski definition) is 5. The highest BCUT2D eigenvalue weighted by molar-refractivity contribution is 6.34. The zero-order valence-electron chi connectivity index (χ0n) is 18.7. The normalized spacial score (nSPS) is 20.5. The third-order valence-corrected chi connectivity index (χ3v) is 6.95. The lowest BCUT2D eigenvalue weighted by Crippen LogP contribution is -2.42. The Morgan fingerprint density at radius 2 is 1.91 bits per heavy atom. The molecule has 0 spiro atoms. The van der Waals surface area contributed by atoms with E-state index in [-0.39, 0.29) is 24.4 Å². The van der Waals surface area contributed by atoms with Crippen LogP contribution in [0.2, 0.25) is 10.0 Å². The van der Waals surface area contributed by atoms with Gasteiger partial charge >= 0.3 is 0 Å². The van der Waals surface area contributed by atoms with Crippen LogP contribution in [0.15, 0.2) is 16.7 Å². The summed E-state index contributed by atoms with van der Waals surface area (Å²) in [6.07, 6.45) is 4.33. The molecule has 1 amide bonds. The lowest BCUT2D eigenvalue weighted by Gasteiger charge is -2.37. The predicted molar refractivity (Wildman–Crippen MR) is 128 cm³/mol. The Morgan fingerprint density at radius 3 is 2.53 bits per heavy atom. The molecule has 1 saturated carbocycles. The van der Waals surface area contributed by atoms with Crippen molar-refractivity contribution in [2.24, 2.45) is 5.92 Å². The number of carbonyl (C=O) groups excluding carboxylic acids is 1. The van der Waals surface area contributed by atoms with E-state index < -0.39 is 0 Å². The van der Waals surface area contributed by atoms with Crippen LogP contribution >= 0.6 is 35.6 Å². The molecule has 9 heteroatoms. The van der Waals surface area contributed by atoms with Crippen molar-refractivity contribution in [3.05, 3.63) is 44.8 Å². The van der Waals surface area contributed by atoms with E-state index >= 15 is 0 Å². The molecule has 0 bridgehead atoms. The Labute approximate surface area is 205 Å². The van der Waals surface area contributed by atoms with Gasteiger partial charge in [-0.1, -0.05) is 28.4 Å². The largest absolute Gasteiger partial charge is 0.489 e. The summed E-state index contributed by atoms with van der Waals surface area (Å²) in [5, 5.41) is 5.18. The molecule has 6 nitrogen and oxygen atoms in total. The van der Waals surface area contributed by atoms with Gasteiger partial charge in [-0.25, -0.2) is 0 Å². The molecule has 2 fully saturated rings. The first-order chi connectivity index (χ1) is 14.8. The first-order valence-electron chi connectivity index (χ1n) is 10.9. The van der Waals surface area contributed by atoms with Crippen molar-refractivity contribution >= 4 is 41.5 Å². The number of likely N-dealkylation sites (tertiary alicyclic amines) is 1. The summed E-state index contributed by atoms with van der Waals surface area (Å²) in [5.74, 6) is 1.54. The Bertz CT molecular complexity index is 934. The molecule has 1 aromatic heterocycles. The third kappa shape index (κ3) is 5.53. The van der Waals surface area contributed by atoms with E-state index in [2.05, 4.69) is 10.1 Å². The molecule has 0 unspecified atom stereocenters. The van der Waals surface area contributed by atoms with Crippen molar-refractivity contribution < 1.29 is 14.1 Å². The minimum atomic E-state index is -0.0518. The van der Waals surface area contributed by atoms with Crippen molar-refractivity contribution in [3.63, 3.8) is 0 Å². The van der Waals surface area contributed by atoms with Crippen LogP contribution in [-0.2, 0) is 6.54 Å². The van der Waals surface area contributed by atoms with Crippen molar-refractivity contribution in [2.45, 2.75) is 52.2 Å². The molecule has 1 aliphatic carbocycles. The summed E-state index contributed by atoms with van der Waals surface area (Å²) < 4.78 is 11.2. The van der Waals surface area contributed by atoms with Gasteiger partial charge in [0, 0.05) is 31.2 Å². The van der Waals surface area contributed by atoms with Crippen LogP contribution < -0.4 is 4.74 Å². The van der Waals surface area contributed by atoms with Crippen LogP contribution in [0.1, 0.15) is 53.1 Å². The second-order valence-electron chi connectivity index (χ2n) is 8.82. The molecule has 2 aliphatic rings. The van der Waals surface area contributed by atoms with Crippen LogP contribution in [0.5, 0.6) is 5.75 Å². The maximum Gasteiger partial charge on any atom is 0.259 e. The van der Waals surface area contributed by atoms with Crippen LogP contribution in [0.3, 0.4) is 0 Å². The first-order valence-corrected chi connectivity index (χ1v) is 11.6. The quantitative estimate of drug-likeness (QED) is 0.497. The lowest BCUT2D eigenvalue weighted by molar-refractivity contribution is 0.0418. The van der Waals surface area contributed by atoms with Crippen LogP contribution in [0.4, 0.5) is 0 Å². The number of aromatic nitrogens is 1. The molecule has 32 heavy (non-hydrogen) atoms. The summed E-state index contributed by atoms with van der Waals surface area (Å²) >= 11 is 13.0. The van der Waals surface area contributed by atoms with Crippen molar-refractivity contribution in [2.75, 3.05) is 26.7 Å². The van der Waals surface area contributed by atoms with E-state index in [9.17, 15) is 4.79 Å². The Kier molecular flexibility index (Phi) is 8.37. The van der Waals surface area contributed by atoms with E-state index in [1.807, 2.05) is 19.2 Å². The molecule has 2 aromatic rings. The second kappa shape index (κ2) is 10.6. The summed E-state index contributed by atoms with van der Waals surface area (Å²) in [6.45, 7) is 7.28. The van der Waals surface area contributed by atoms with Gasteiger partial charge in [-0.2, -0.15) is 0 Å². The average molecular weight is 503 g/mol. The monoisotopic (exact) mass is 501 g/mol. The highest BCUT2D eigenvalue weighted by atomic mass is 35.5. The van der Waals surface area contributed by atoms with E-state index in [0.29, 0.717) is 45.3 Å². The van der Waals surface area contributed by atoms with E-state index in [1.54, 1.807) is 18.7 Å². The maximum absolute atomic E-state index is 12.7. The zero-order chi connectivity index (χ0) is 22.1. The van der Waals surface area contributed by atoms with Gasteiger partial charge in [-0.3, -0.25) is 9.69 Å². The summed E-state index contributed by atoms with van der Waals surface area (Å²) in [5.41, 5.74) is 2.24. The van der Waals surface area contributed by atoms with Crippen molar-refractivity contribution in [1.29, 1.82) is 0 Å². The fourth-order valence-electron chi connectivity index (χ4n) is 4.51. The molecule has 176 valence electrons. The Morgan fingerprint density at radius 1 is 1.22 bits per heavy atom. The first kappa shape index (κ1) is 25.2. The number of rotatable bonds is 7. The third-order valence-electron chi connectivity index (χ3n) is 6.31. The Balaban J connectivity index is 0.00000289. The van der Waals surface area contributed by atoms with E-state index in [1.165, 1.54) is 12.8 Å². The zero-order valence-corrected chi connectivity index (χ0v) is 21.0. The van der Waals surface area contributed by atoms with Gasteiger partial charge in [-0.15, -0.1) is 12.4 Å². The standard InChI is InChI=1S/C23H29Cl2N3O3.ClH/c1-14-22(15(2)31-26-14)23(29)27(3)12-16-8-18(9-16)30-21-11-19(24)17(10-20(21)25)13-28-6-4-5-7-28;/h10-11,16,18H,4-9,12-13H2,1-3H3;1H. The molecular formula is C23H30Cl3N3O3. The topological polar surface area (TPSA) is 58.8 Å². The Hall–Kier alpha value is -1.47. The number of carbonyl (C=O) groups is 1. The van der Waals surface area contributed by atoms with Gasteiger partial charge < -0.3 is 14.2 Å². The average Bonchev–Trinajstić information content (AvgIpc) is 3.32. The predicted octanol–water partition coefficient (Wildman–Crippen LogP) is 5.55. The fraction of sp³-hybridized carbons (Fsp3) is 0.565. The van der Waals surface area contributed by atoms with Gasteiger partial charge in [0.2, 0.25) is 0 Å². The molecule has 0 N–H and O–H groups in total. The van der Waals surface area contributed by atoms with E-state index in [4.69, 9.17) is 32.5 Å². The molecule has 2 heterocycles. The number of amides is 1. The molecule has 0 radical (unpaired) electrons. The molecule has 1 saturated heterocycles. The smallest absolute Gasteiger partial charge is 0.259 e. The maximum atomic E-state index is 12.7. The molecule has 0 atom stereocenters. The van der Waals surface area contributed by atoms with E-state index in [0.717, 1.165) is 38.0 Å². The van der Waals surface area contributed by atoms with Gasteiger partial charge in [0.1, 0.15) is 17.1 Å². The van der Waals surface area contributed by atoms with Gasteiger partial charge in [0.05, 0.1) is 16.8 Å². The minimum Gasteiger partial charge on any atom is -0.489 e. The number of ether oxygens (including phenoxy) is 1. The van der Waals surface area contributed by atoms with Gasteiger partial charge in [0.25, 0.3) is 5.91 Å². The number of halogens is 3. The van der Waals surface area contributed by atoms with Crippen LogP contribution in [-0.4, -0.2) is 53.6 Å². The number of hydrogen-bond donors (Lipinski definition) is 0. The highest BCUT2D eigenvalue weighted by Crippen LogP contribution is 2.37. The molecular weight excluding hydrogens is 473 g/mol. The lowest BCUT2D eigenvalue weighted by atomic mass is 9.82. The molecule has 4 rings (SSSR count). The van der Waals surface area contributed by atoms with Gasteiger partial charge in [-0.05, 0) is 70.2 Å². The van der Waals surface area contributed by atoms with Crippen LogP contribution in [0, 0.1) is 19.8 Å². The number of aryl methyl sites for hydroxylation is 2.